The molecule has 114 valence electrons. The second-order valence-electron chi connectivity index (χ2n) is 4.98. The second kappa shape index (κ2) is 7.13. The normalized spacial score (nSPS) is 10.6. The number of aromatic nitrogens is 2. The van der Waals surface area contributed by atoms with E-state index in [0.29, 0.717) is 6.61 Å². The van der Waals surface area contributed by atoms with Crippen molar-refractivity contribution in [1.82, 2.24) is 9.78 Å². The lowest BCUT2D eigenvalue weighted by Gasteiger charge is -2.12. The van der Waals surface area contributed by atoms with E-state index in [1.54, 1.807) is 6.20 Å². The zero-order chi connectivity index (χ0) is 15.2. The molecule has 3 rings (SSSR count). The fourth-order valence-electron chi connectivity index (χ4n) is 2.18. The van der Waals surface area contributed by atoms with E-state index in [9.17, 15) is 0 Å². The van der Waals surface area contributed by atoms with Gasteiger partial charge < -0.3 is 10.1 Å². The molecule has 5 heteroatoms. The predicted octanol–water partition coefficient (Wildman–Crippen LogP) is 3.94. The zero-order valence-corrected chi connectivity index (χ0v) is 13.3. The Kier molecular flexibility index (Phi) is 4.75. The molecular weight excluding hydrogens is 294 g/mol. The van der Waals surface area contributed by atoms with Crippen molar-refractivity contribution in [2.24, 2.45) is 0 Å². The Bertz CT molecular complexity index is 706. The Labute approximate surface area is 134 Å². The first kappa shape index (κ1) is 14.7. The molecule has 0 amide bonds. The minimum Gasteiger partial charge on any atom is -0.489 e. The maximum atomic E-state index is 5.88. The number of nitrogens with one attached hydrogen (secondary N) is 1. The lowest BCUT2D eigenvalue weighted by Crippen LogP contribution is -2.09. The molecule has 3 aromatic rings. The molecule has 0 saturated heterocycles. The third-order valence-electron chi connectivity index (χ3n) is 3.27. The van der Waals surface area contributed by atoms with Gasteiger partial charge in [-0.15, -0.1) is 11.3 Å². The summed E-state index contributed by atoms with van der Waals surface area (Å²) in [7, 11) is 0. The van der Waals surface area contributed by atoms with Crippen molar-refractivity contribution < 1.29 is 4.74 Å². The maximum absolute atomic E-state index is 5.88. The lowest BCUT2D eigenvalue weighted by molar-refractivity contribution is 0.292. The van der Waals surface area contributed by atoms with Crippen LogP contribution in [-0.2, 0) is 13.1 Å². The van der Waals surface area contributed by atoms with Gasteiger partial charge in [0.2, 0.25) is 0 Å². The Morgan fingerprint density at radius 1 is 1.18 bits per heavy atom. The summed E-state index contributed by atoms with van der Waals surface area (Å²) in [6.07, 6.45) is 3.71. The molecule has 0 atom stereocenters. The first-order valence-electron chi connectivity index (χ1n) is 7.30. The van der Waals surface area contributed by atoms with Crippen molar-refractivity contribution in [3.8, 4) is 5.75 Å². The van der Waals surface area contributed by atoms with Gasteiger partial charge in [-0.1, -0.05) is 12.1 Å². The summed E-state index contributed by atoms with van der Waals surface area (Å²) in [5, 5.41) is 7.62. The highest BCUT2D eigenvalue weighted by Gasteiger charge is 2.04. The number of thiophene rings is 1. The van der Waals surface area contributed by atoms with E-state index in [2.05, 4.69) is 29.5 Å². The highest BCUT2D eigenvalue weighted by Crippen LogP contribution is 2.25. The predicted molar refractivity (Wildman–Crippen MR) is 90.5 cm³/mol. The van der Waals surface area contributed by atoms with Crippen LogP contribution in [-0.4, -0.2) is 16.4 Å². The van der Waals surface area contributed by atoms with Gasteiger partial charge in [0.25, 0.3) is 0 Å². The smallest absolute Gasteiger partial charge is 0.142 e. The van der Waals surface area contributed by atoms with Crippen LogP contribution in [0.4, 0.5) is 5.69 Å². The van der Waals surface area contributed by atoms with Crippen molar-refractivity contribution in [3.05, 3.63) is 64.6 Å². The SMILES string of the molecule is Cc1ccc(CNc2ccccc2OCCn2cccn2)s1. The largest absolute Gasteiger partial charge is 0.489 e. The van der Waals surface area contributed by atoms with Crippen LogP contribution in [0.25, 0.3) is 0 Å². The quantitative estimate of drug-likeness (QED) is 0.718. The van der Waals surface area contributed by atoms with Crippen molar-refractivity contribution >= 4 is 17.0 Å². The number of hydrogen-bond donors (Lipinski definition) is 1. The van der Waals surface area contributed by atoms with E-state index >= 15 is 0 Å². The summed E-state index contributed by atoms with van der Waals surface area (Å²) in [6.45, 7) is 4.28. The average Bonchev–Trinajstić information content (AvgIpc) is 3.18. The summed E-state index contributed by atoms with van der Waals surface area (Å²) >= 11 is 1.81. The Morgan fingerprint density at radius 3 is 2.86 bits per heavy atom. The third-order valence-corrected chi connectivity index (χ3v) is 4.27. The number of aryl methyl sites for hydroxylation is 1. The van der Waals surface area contributed by atoms with Crippen molar-refractivity contribution in [2.75, 3.05) is 11.9 Å². The Balaban J connectivity index is 1.57. The Hall–Kier alpha value is -2.27. The Morgan fingerprint density at radius 2 is 2.09 bits per heavy atom. The molecular formula is C17H19N3OS. The molecule has 0 aliphatic heterocycles. The molecule has 0 radical (unpaired) electrons. The van der Waals surface area contributed by atoms with Gasteiger partial charge in [-0.25, -0.2) is 0 Å². The van der Waals surface area contributed by atoms with E-state index in [-0.39, 0.29) is 0 Å². The fraction of sp³-hybridized carbons (Fsp3) is 0.235. The molecule has 1 N–H and O–H groups in total. The zero-order valence-electron chi connectivity index (χ0n) is 12.5. The molecule has 0 bridgehead atoms. The van der Waals surface area contributed by atoms with Gasteiger partial charge in [-0.05, 0) is 37.3 Å². The molecule has 1 aromatic carbocycles. The highest BCUT2D eigenvalue weighted by molar-refractivity contribution is 7.11. The monoisotopic (exact) mass is 313 g/mol. The molecule has 4 nitrogen and oxygen atoms in total. The van der Waals surface area contributed by atoms with Crippen LogP contribution in [0.3, 0.4) is 0 Å². The summed E-state index contributed by atoms with van der Waals surface area (Å²) in [5.41, 5.74) is 1.02. The third kappa shape index (κ3) is 3.89. The van der Waals surface area contributed by atoms with E-state index in [1.165, 1.54) is 9.75 Å². The van der Waals surface area contributed by atoms with Gasteiger partial charge in [0, 0.05) is 28.7 Å². The topological polar surface area (TPSA) is 39.1 Å². The highest BCUT2D eigenvalue weighted by atomic mass is 32.1. The number of benzene rings is 1. The standard InChI is InChI=1S/C17H19N3OS/c1-14-7-8-15(22-14)13-18-16-5-2-3-6-17(16)21-12-11-20-10-4-9-19-20/h2-10,18H,11-13H2,1H3. The molecule has 2 aromatic heterocycles. The van der Waals surface area contributed by atoms with Crippen LogP contribution in [0, 0.1) is 6.92 Å². The van der Waals surface area contributed by atoms with E-state index in [1.807, 2.05) is 52.5 Å². The van der Waals surface area contributed by atoms with Crippen LogP contribution in [0.2, 0.25) is 0 Å². The van der Waals surface area contributed by atoms with Crippen molar-refractivity contribution in [2.45, 2.75) is 20.0 Å². The maximum Gasteiger partial charge on any atom is 0.142 e. The first-order chi connectivity index (χ1) is 10.8. The van der Waals surface area contributed by atoms with Gasteiger partial charge in [-0.3, -0.25) is 4.68 Å². The number of anilines is 1. The molecule has 0 saturated carbocycles. The first-order valence-corrected chi connectivity index (χ1v) is 8.11. The number of rotatable bonds is 7. The summed E-state index contributed by atoms with van der Waals surface area (Å²) < 4.78 is 7.75. The second-order valence-corrected chi connectivity index (χ2v) is 6.35. The van der Waals surface area contributed by atoms with Crippen LogP contribution in [0.5, 0.6) is 5.75 Å². The molecule has 0 spiro atoms. The minimum atomic E-state index is 0.596. The molecule has 0 aliphatic rings. The molecule has 0 fully saturated rings. The van der Waals surface area contributed by atoms with E-state index in [0.717, 1.165) is 24.5 Å². The molecule has 0 aliphatic carbocycles. The van der Waals surface area contributed by atoms with Gasteiger partial charge in [-0.2, -0.15) is 5.10 Å². The summed E-state index contributed by atoms with van der Waals surface area (Å²) in [6, 6.07) is 14.3. The fourth-order valence-corrected chi connectivity index (χ4v) is 3.01. The number of ether oxygens (including phenoxy) is 1. The summed E-state index contributed by atoms with van der Waals surface area (Å²) in [5.74, 6) is 0.878. The molecule has 0 unspecified atom stereocenters. The van der Waals surface area contributed by atoms with Gasteiger partial charge in [0.15, 0.2) is 0 Å². The van der Waals surface area contributed by atoms with Crippen LogP contribution in [0.15, 0.2) is 54.9 Å². The average molecular weight is 313 g/mol. The van der Waals surface area contributed by atoms with Crippen LogP contribution in [0.1, 0.15) is 9.75 Å². The van der Waals surface area contributed by atoms with E-state index < -0.39 is 0 Å². The van der Waals surface area contributed by atoms with Gasteiger partial charge >= 0.3 is 0 Å². The van der Waals surface area contributed by atoms with Gasteiger partial charge in [0.05, 0.1) is 12.2 Å². The van der Waals surface area contributed by atoms with Gasteiger partial charge in [0.1, 0.15) is 12.4 Å². The number of para-hydroxylation sites is 2. The summed E-state index contributed by atoms with van der Waals surface area (Å²) in [4.78, 5) is 2.66. The minimum absolute atomic E-state index is 0.596. The number of nitrogens with zero attached hydrogens (tertiary/aromatic N) is 2. The van der Waals surface area contributed by atoms with Crippen LogP contribution < -0.4 is 10.1 Å². The van der Waals surface area contributed by atoms with Crippen LogP contribution >= 0.6 is 11.3 Å². The van der Waals surface area contributed by atoms with E-state index in [4.69, 9.17) is 4.74 Å². The molecule has 2 heterocycles. The van der Waals surface area contributed by atoms with Crippen molar-refractivity contribution in [1.29, 1.82) is 0 Å². The lowest BCUT2D eigenvalue weighted by atomic mass is 10.3. The van der Waals surface area contributed by atoms with Crippen molar-refractivity contribution in [3.63, 3.8) is 0 Å². The number of hydrogen-bond acceptors (Lipinski definition) is 4. The molecule has 22 heavy (non-hydrogen) atoms.